The van der Waals surface area contributed by atoms with Crippen LogP contribution in [0, 0.1) is 0 Å². The SMILES string of the molecule is CCC(c1nc2[nH]ncc2c(=O)n1Cc1ccccc1)N(CCN(C)C)Cc1ccc(Cl)cc1. The van der Waals surface area contributed by atoms with Crippen LogP contribution in [0.25, 0.3) is 11.0 Å². The van der Waals surface area contributed by atoms with E-state index in [-0.39, 0.29) is 11.6 Å². The summed E-state index contributed by atoms with van der Waals surface area (Å²) in [4.78, 5) is 23.0. The standard InChI is InChI=1S/C26H31ClN6O/c1-4-23(32(15-14-31(2)3)17-20-10-12-21(27)13-11-20)25-29-24-22(16-28-30-24)26(34)33(25)18-19-8-6-5-7-9-19/h5-13,16,23H,4,14-15,17-18H2,1-3H3,(H,28,30). The van der Waals surface area contributed by atoms with Gasteiger partial charge in [-0.2, -0.15) is 5.10 Å². The molecule has 2 aromatic heterocycles. The lowest BCUT2D eigenvalue weighted by Crippen LogP contribution is -2.38. The predicted octanol–water partition coefficient (Wildman–Crippen LogP) is 4.34. The van der Waals surface area contributed by atoms with E-state index in [4.69, 9.17) is 16.6 Å². The second-order valence-corrected chi connectivity index (χ2v) is 9.24. The maximum Gasteiger partial charge on any atom is 0.265 e. The van der Waals surface area contributed by atoms with E-state index < -0.39 is 0 Å². The van der Waals surface area contributed by atoms with E-state index in [9.17, 15) is 4.79 Å². The first-order valence-electron chi connectivity index (χ1n) is 11.6. The van der Waals surface area contributed by atoms with E-state index in [2.05, 4.69) is 53.1 Å². The summed E-state index contributed by atoms with van der Waals surface area (Å²) in [6, 6.07) is 17.9. The molecule has 1 unspecified atom stereocenters. The van der Waals surface area contributed by atoms with Crippen LogP contribution in [-0.4, -0.2) is 56.7 Å². The van der Waals surface area contributed by atoms with Gasteiger partial charge < -0.3 is 4.90 Å². The average Bonchev–Trinajstić information content (AvgIpc) is 3.31. The first-order valence-corrected chi connectivity index (χ1v) is 11.9. The molecule has 0 aliphatic heterocycles. The van der Waals surface area contributed by atoms with Crippen molar-refractivity contribution >= 4 is 22.6 Å². The van der Waals surface area contributed by atoms with Crippen molar-refractivity contribution in [3.05, 3.63) is 93.1 Å². The van der Waals surface area contributed by atoms with Crippen LogP contribution in [0.1, 0.15) is 36.3 Å². The third-order valence-corrected chi connectivity index (χ3v) is 6.29. The monoisotopic (exact) mass is 478 g/mol. The van der Waals surface area contributed by atoms with E-state index in [1.165, 1.54) is 5.56 Å². The lowest BCUT2D eigenvalue weighted by molar-refractivity contribution is 0.155. The summed E-state index contributed by atoms with van der Waals surface area (Å²) in [5, 5.41) is 8.21. The Morgan fingerprint density at radius 1 is 1.03 bits per heavy atom. The van der Waals surface area contributed by atoms with Crippen molar-refractivity contribution in [3.63, 3.8) is 0 Å². The number of fused-ring (bicyclic) bond motifs is 1. The highest BCUT2D eigenvalue weighted by Gasteiger charge is 2.26. The molecule has 0 saturated heterocycles. The molecule has 0 aliphatic carbocycles. The molecule has 4 aromatic rings. The van der Waals surface area contributed by atoms with E-state index in [1.54, 1.807) is 6.20 Å². The fourth-order valence-corrected chi connectivity index (χ4v) is 4.35. The van der Waals surface area contributed by atoms with Crippen LogP contribution in [0.3, 0.4) is 0 Å². The zero-order chi connectivity index (χ0) is 24.1. The predicted molar refractivity (Wildman–Crippen MR) is 137 cm³/mol. The number of benzene rings is 2. The molecule has 1 atom stereocenters. The van der Waals surface area contributed by atoms with Gasteiger partial charge in [0.2, 0.25) is 0 Å². The lowest BCUT2D eigenvalue weighted by atomic mass is 10.1. The highest BCUT2D eigenvalue weighted by atomic mass is 35.5. The first kappa shape index (κ1) is 24.1. The number of nitrogens with one attached hydrogen (secondary N) is 1. The van der Waals surface area contributed by atoms with Crippen molar-refractivity contribution in [1.29, 1.82) is 0 Å². The van der Waals surface area contributed by atoms with Gasteiger partial charge in [-0.05, 0) is 43.8 Å². The summed E-state index contributed by atoms with van der Waals surface area (Å²) in [6.07, 6.45) is 2.37. The number of rotatable bonds is 10. The van der Waals surface area contributed by atoms with Gasteiger partial charge in [0.1, 0.15) is 11.2 Å². The maximum atomic E-state index is 13.5. The summed E-state index contributed by atoms with van der Waals surface area (Å²) in [5.41, 5.74) is 2.68. The van der Waals surface area contributed by atoms with Crippen LogP contribution >= 0.6 is 11.6 Å². The maximum absolute atomic E-state index is 13.5. The van der Waals surface area contributed by atoms with Crippen molar-refractivity contribution in [1.82, 2.24) is 29.5 Å². The number of likely N-dealkylation sites (N-methyl/N-ethyl adjacent to an activating group) is 1. The van der Waals surface area contributed by atoms with Crippen molar-refractivity contribution in [2.24, 2.45) is 0 Å². The van der Waals surface area contributed by atoms with Gasteiger partial charge in [0, 0.05) is 24.7 Å². The Morgan fingerprint density at radius 3 is 2.44 bits per heavy atom. The number of halogens is 1. The van der Waals surface area contributed by atoms with Crippen LogP contribution in [-0.2, 0) is 13.1 Å². The number of aromatic amines is 1. The molecule has 2 aromatic carbocycles. The lowest BCUT2D eigenvalue weighted by Gasteiger charge is -2.33. The van der Waals surface area contributed by atoms with Gasteiger partial charge in [0.25, 0.3) is 5.56 Å². The molecular weight excluding hydrogens is 448 g/mol. The number of hydrogen-bond acceptors (Lipinski definition) is 5. The highest BCUT2D eigenvalue weighted by molar-refractivity contribution is 6.30. The summed E-state index contributed by atoms with van der Waals surface area (Å²) in [6.45, 7) is 5.05. The molecule has 0 aliphatic rings. The van der Waals surface area contributed by atoms with Gasteiger partial charge in [-0.25, -0.2) is 4.98 Å². The molecule has 4 rings (SSSR count). The molecule has 178 valence electrons. The Morgan fingerprint density at radius 2 is 1.76 bits per heavy atom. The second-order valence-electron chi connectivity index (χ2n) is 8.80. The van der Waals surface area contributed by atoms with Gasteiger partial charge in [-0.15, -0.1) is 0 Å². The molecule has 0 bridgehead atoms. The molecule has 0 amide bonds. The number of aromatic nitrogens is 4. The zero-order valence-corrected chi connectivity index (χ0v) is 20.7. The average molecular weight is 479 g/mol. The van der Waals surface area contributed by atoms with Gasteiger partial charge in [0.05, 0.1) is 18.8 Å². The summed E-state index contributed by atoms with van der Waals surface area (Å²) in [7, 11) is 4.14. The highest BCUT2D eigenvalue weighted by Crippen LogP contribution is 2.26. The number of H-pyrrole nitrogens is 1. The molecule has 2 heterocycles. The molecule has 8 heteroatoms. The molecule has 7 nitrogen and oxygen atoms in total. The molecule has 34 heavy (non-hydrogen) atoms. The largest absolute Gasteiger partial charge is 0.308 e. The number of nitrogens with zero attached hydrogens (tertiary/aromatic N) is 5. The minimum atomic E-state index is -0.0740. The minimum Gasteiger partial charge on any atom is -0.308 e. The van der Waals surface area contributed by atoms with Crippen LogP contribution < -0.4 is 5.56 Å². The Hall–Kier alpha value is -3.00. The second kappa shape index (κ2) is 11.0. The van der Waals surface area contributed by atoms with E-state index in [1.807, 2.05) is 47.0 Å². The van der Waals surface area contributed by atoms with Crippen molar-refractivity contribution in [2.75, 3.05) is 27.2 Å². The van der Waals surface area contributed by atoms with Crippen molar-refractivity contribution < 1.29 is 0 Å². The fourth-order valence-electron chi connectivity index (χ4n) is 4.22. The molecule has 0 saturated carbocycles. The van der Waals surface area contributed by atoms with Crippen molar-refractivity contribution in [3.8, 4) is 0 Å². The van der Waals surface area contributed by atoms with Crippen LogP contribution in [0.2, 0.25) is 5.02 Å². The summed E-state index contributed by atoms with van der Waals surface area (Å²) >= 11 is 6.12. The molecule has 0 spiro atoms. The first-order chi connectivity index (χ1) is 16.5. The quantitative estimate of drug-likeness (QED) is 0.367. The van der Waals surface area contributed by atoms with Crippen LogP contribution in [0.5, 0.6) is 0 Å². The fraction of sp³-hybridized carbons (Fsp3) is 0.346. The van der Waals surface area contributed by atoms with E-state index in [0.29, 0.717) is 17.6 Å². The van der Waals surface area contributed by atoms with Gasteiger partial charge in [0.15, 0.2) is 5.65 Å². The molecule has 1 N–H and O–H groups in total. The summed E-state index contributed by atoms with van der Waals surface area (Å²) < 4.78 is 1.81. The van der Waals surface area contributed by atoms with E-state index >= 15 is 0 Å². The molecular formula is C26H31ClN6O. The molecule has 0 radical (unpaired) electrons. The third-order valence-electron chi connectivity index (χ3n) is 6.04. The zero-order valence-electron chi connectivity index (χ0n) is 19.9. The minimum absolute atomic E-state index is 0.0558. The van der Waals surface area contributed by atoms with Gasteiger partial charge in [-0.3, -0.25) is 19.4 Å². The summed E-state index contributed by atoms with van der Waals surface area (Å²) in [5.74, 6) is 0.751. The van der Waals surface area contributed by atoms with Crippen LogP contribution in [0.15, 0.2) is 65.6 Å². The van der Waals surface area contributed by atoms with E-state index in [0.717, 1.165) is 42.5 Å². The smallest absolute Gasteiger partial charge is 0.265 e. The normalized spacial score (nSPS) is 12.6. The van der Waals surface area contributed by atoms with Crippen LogP contribution in [0.4, 0.5) is 0 Å². The Bertz CT molecular complexity index is 1270. The Labute approximate surface area is 205 Å². The Balaban J connectivity index is 1.79. The van der Waals surface area contributed by atoms with Gasteiger partial charge >= 0.3 is 0 Å². The Kier molecular flexibility index (Phi) is 7.77. The topological polar surface area (TPSA) is 70.0 Å². The van der Waals surface area contributed by atoms with Gasteiger partial charge in [-0.1, -0.05) is 61.0 Å². The van der Waals surface area contributed by atoms with Crippen molar-refractivity contribution in [2.45, 2.75) is 32.5 Å². The molecule has 0 fully saturated rings. The third kappa shape index (κ3) is 5.55. The number of hydrogen-bond donors (Lipinski definition) is 1.